The van der Waals surface area contributed by atoms with Gasteiger partial charge in [-0.1, -0.05) is 6.08 Å². The van der Waals surface area contributed by atoms with Crippen LogP contribution < -0.4 is 5.73 Å². The summed E-state index contributed by atoms with van der Waals surface area (Å²) in [5.41, 5.74) is 7.33. The minimum absolute atomic E-state index is 0.0349. The summed E-state index contributed by atoms with van der Waals surface area (Å²) < 4.78 is 37.5. The average molecular weight is 242 g/mol. The molecule has 0 fully saturated rings. The van der Waals surface area contributed by atoms with E-state index in [2.05, 4.69) is 4.98 Å². The Balaban J connectivity index is 2.17. The van der Waals surface area contributed by atoms with Crippen molar-refractivity contribution in [1.29, 1.82) is 0 Å². The Labute approximate surface area is 97.3 Å². The third kappa shape index (κ3) is 2.60. The Bertz CT molecular complexity index is 438. The molecule has 1 heterocycles. The van der Waals surface area contributed by atoms with Crippen LogP contribution in [0.3, 0.4) is 0 Å². The number of halogens is 3. The molecule has 1 aromatic rings. The van der Waals surface area contributed by atoms with Gasteiger partial charge in [-0.3, -0.25) is 0 Å². The summed E-state index contributed by atoms with van der Waals surface area (Å²) in [5.74, 6) is -0.839. The summed E-state index contributed by atoms with van der Waals surface area (Å²) in [6.07, 6.45) is -0.324. The van der Waals surface area contributed by atoms with Crippen molar-refractivity contribution < 1.29 is 13.2 Å². The second-order valence-corrected chi connectivity index (χ2v) is 4.18. The van der Waals surface area contributed by atoms with Crippen LogP contribution in [0.2, 0.25) is 0 Å². The summed E-state index contributed by atoms with van der Waals surface area (Å²) in [6, 6.07) is 3.53. The van der Waals surface area contributed by atoms with E-state index >= 15 is 0 Å². The van der Waals surface area contributed by atoms with Gasteiger partial charge in [-0.2, -0.15) is 13.2 Å². The van der Waals surface area contributed by atoms with E-state index in [0.29, 0.717) is 12.2 Å². The number of anilines is 1. The molecule has 0 saturated carbocycles. The van der Waals surface area contributed by atoms with E-state index in [4.69, 9.17) is 5.73 Å². The van der Waals surface area contributed by atoms with Crippen LogP contribution in [0.15, 0.2) is 24.4 Å². The summed E-state index contributed by atoms with van der Waals surface area (Å²) in [6.45, 7) is 0. The third-order valence-electron chi connectivity index (χ3n) is 3.06. The fraction of sp³-hybridized carbons (Fsp3) is 0.417. The number of pyridine rings is 1. The number of hydrogen-bond donors (Lipinski definition) is 1. The van der Waals surface area contributed by atoms with E-state index in [-0.39, 0.29) is 12.8 Å². The molecule has 0 aromatic carbocycles. The van der Waals surface area contributed by atoms with Crippen LogP contribution in [-0.2, 0) is 0 Å². The number of nitrogens with zero attached hydrogens (tertiary/aromatic N) is 1. The minimum atomic E-state index is -4.09. The Hall–Kier alpha value is -1.52. The first-order valence-corrected chi connectivity index (χ1v) is 5.45. The van der Waals surface area contributed by atoms with Crippen LogP contribution in [0, 0.1) is 5.92 Å². The van der Waals surface area contributed by atoms with Gasteiger partial charge in [0.2, 0.25) is 0 Å². The van der Waals surface area contributed by atoms with Crippen molar-refractivity contribution in [3.8, 4) is 0 Å². The SMILES string of the molecule is Nc1ncccc1C1=CCC(C(F)(F)F)CC1. The van der Waals surface area contributed by atoms with Gasteiger partial charge in [0, 0.05) is 11.8 Å². The number of alkyl halides is 3. The van der Waals surface area contributed by atoms with Gasteiger partial charge in [0.25, 0.3) is 0 Å². The van der Waals surface area contributed by atoms with Crippen LogP contribution in [0.1, 0.15) is 24.8 Å². The highest BCUT2D eigenvalue weighted by Gasteiger charge is 2.39. The lowest BCUT2D eigenvalue weighted by Crippen LogP contribution is -2.24. The van der Waals surface area contributed by atoms with E-state index < -0.39 is 12.1 Å². The molecule has 17 heavy (non-hydrogen) atoms. The van der Waals surface area contributed by atoms with E-state index in [1.54, 1.807) is 24.4 Å². The zero-order valence-corrected chi connectivity index (χ0v) is 9.17. The number of nitrogen functional groups attached to an aromatic ring is 1. The molecule has 0 aliphatic heterocycles. The second kappa shape index (κ2) is 4.39. The zero-order chi connectivity index (χ0) is 12.5. The van der Waals surface area contributed by atoms with Gasteiger partial charge < -0.3 is 5.73 Å². The fourth-order valence-electron chi connectivity index (χ4n) is 2.07. The Morgan fingerprint density at radius 3 is 2.65 bits per heavy atom. The molecule has 5 heteroatoms. The van der Waals surface area contributed by atoms with Gasteiger partial charge in [0.1, 0.15) is 5.82 Å². The van der Waals surface area contributed by atoms with E-state index in [0.717, 1.165) is 11.1 Å². The van der Waals surface area contributed by atoms with Crippen molar-refractivity contribution in [2.45, 2.75) is 25.4 Å². The first-order chi connectivity index (χ1) is 7.98. The third-order valence-corrected chi connectivity index (χ3v) is 3.06. The van der Waals surface area contributed by atoms with Crippen molar-refractivity contribution in [2.75, 3.05) is 5.73 Å². The molecule has 0 amide bonds. The largest absolute Gasteiger partial charge is 0.392 e. The van der Waals surface area contributed by atoms with Gasteiger partial charge in [0.05, 0.1) is 5.92 Å². The minimum Gasteiger partial charge on any atom is -0.383 e. The van der Waals surface area contributed by atoms with Crippen LogP contribution in [0.5, 0.6) is 0 Å². The highest BCUT2D eigenvalue weighted by atomic mass is 19.4. The first-order valence-electron chi connectivity index (χ1n) is 5.45. The van der Waals surface area contributed by atoms with Gasteiger partial charge >= 0.3 is 6.18 Å². The van der Waals surface area contributed by atoms with E-state index in [1.807, 2.05) is 0 Å². The molecular weight excluding hydrogens is 229 g/mol. The molecule has 92 valence electrons. The lowest BCUT2D eigenvalue weighted by atomic mass is 9.86. The van der Waals surface area contributed by atoms with Crippen LogP contribution in [-0.4, -0.2) is 11.2 Å². The molecule has 0 spiro atoms. The molecule has 2 nitrogen and oxygen atoms in total. The highest BCUT2D eigenvalue weighted by molar-refractivity contribution is 5.73. The summed E-state index contributed by atoms with van der Waals surface area (Å²) >= 11 is 0. The molecule has 1 aliphatic rings. The van der Waals surface area contributed by atoms with E-state index in [9.17, 15) is 13.2 Å². The van der Waals surface area contributed by atoms with Crippen molar-refractivity contribution >= 4 is 11.4 Å². The quantitative estimate of drug-likeness (QED) is 0.819. The van der Waals surface area contributed by atoms with Gasteiger partial charge in [-0.15, -0.1) is 0 Å². The summed E-state index contributed by atoms with van der Waals surface area (Å²) in [4.78, 5) is 3.94. The van der Waals surface area contributed by atoms with Gasteiger partial charge in [-0.05, 0) is 37.0 Å². The van der Waals surface area contributed by atoms with Gasteiger partial charge in [0.15, 0.2) is 0 Å². The van der Waals surface area contributed by atoms with E-state index in [1.165, 1.54) is 0 Å². The topological polar surface area (TPSA) is 38.9 Å². The monoisotopic (exact) mass is 242 g/mol. The standard InChI is InChI=1S/C12H13F3N2/c13-12(14,15)9-5-3-8(4-6-9)10-2-1-7-17-11(10)16/h1-3,7,9H,4-6H2,(H2,16,17). The number of allylic oxidation sites excluding steroid dienone is 2. The molecule has 2 rings (SSSR count). The maximum absolute atomic E-state index is 12.5. The molecule has 0 saturated heterocycles. The zero-order valence-electron chi connectivity index (χ0n) is 9.17. The van der Waals surface area contributed by atoms with Crippen LogP contribution in [0.4, 0.5) is 19.0 Å². The second-order valence-electron chi connectivity index (χ2n) is 4.18. The molecular formula is C12H13F3N2. The predicted octanol–water partition coefficient (Wildman–Crippen LogP) is 3.41. The molecule has 0 bridgehead atoms. The van der Waals surface area contributed by atoms with Gasteiger partial charge in [-0.25, -0.2) is 4.98 Å². The van der Waals surface area contributed by atoms with Crippen LogP contribution in [0.25, 0.3) is 5.57 Å². The molecule has 1 aliphatic carbocycles. The summed E-state index contributed by atoms with van der Waals surface area (Å²) in [5, 5.41) is 0. The predicted molar refractivity (Wildman–Crippen MR) is 60.0 cm³/mol. The Morgan fingerprint density at radius 1 is 1.35 bits per heavy atom. The number of rotatable bonds is 1. The normalized spacial score (nSPS) is 21.1. The molecule has 0 radical (unpaired) electrons. The summed E-state index contributed by atoms with van der Waals surface area (Å²) in [7, 11) is 0. The molecule has 1 atom stereocenters. The number of aromatic nitrogens is 1. The molecule has 1 aromatic heterocycles. The Kier molecular flexibility index (Phi) is 3.09. The van der Waals surface area contributed by atoms with Crippen molar-refractivity contribution in [3.63, 3.8) is 0 Å². The van der Waals surface area contributed by atoms with Crippen LogP contribution >= 0.6 is 0 Å². The van der Waals surface area contributed by atoms with Crippen molar-refractivity contribution in [1.82, 2.24) is 4.98 Å². The fourth-order valence-corrected chi connectivity index (χ4v) is 2.07. The number of hydrogen-bond acceptors (Lipinski definition) is 2. The van der Waals surface area contributed by atoms with Crippen molar-refractivity contribution in [2.24, 2.45) is 5.92 Å². The smallest absolute Gasteiger partial charge is 0.383 e. The average Bonchev–Trinajstić information content (AvgIpc) is 2.29. The highest BCUT2D eigenvalue weighted by Crippen LogP contribution is 2.39. The lowest BCUT2D eigenvalue weighted by molar-refractivity contribution is -0.175. The molecule has 2 N–H and O–H groups in total. The number of nitrogens with two attached hydrogens (primary N) is 1. The maximum atomic E-state index is 12.5. The molecule has 1 unspecified atom stereocenters. The first kappa shape index (κ1) is 12.0. The maximum Gasteiger partial charge on any atom is 0.392 e. The van der Waals surface area contributed by atoms with Crippen molar-refractivity contribution in [3.05, 3.63) is 30.0 Å². The lowest BCUT2D eigenvalue weighted by Gasteiger charge is -2.24. The Morgan fingerprint density at radius 2 is 2.12 bits per heavy atom.